The highest BCUT2D eigenvalue weighted by atomic mass is 16.2. The zero-order valence-corrected chi connectivity index (χ0v) is 16.3. The second kappa shape index (κ2) is 8.66. The lowest BCUT2D eigenvalue weighted by Gasteiger charge is -2.17. The van der Waals surface area contributed by atoms with E-state index in [4.69, 9.17) is 0 Å². The third-order valence-corrected chi connectivity index (χ3v) is 4.70. The minimum atomic E-state index is -0.597. The van der Waals surface area contributed by atoms with Crippen LogP contribution in [0.1, 0.15) is 44.9 Å². The van der Waals surface area contributed by atoms with Gasteiger partial charge in [-0.1, -0.05) is 26.0 Å². The minimum Gasteiger partial charge on any atom is -0.325 e. The maximum absolute atomic E-state index is 12.4. The number of anilines is 1. The van der Waals surface area contributed by atoms with Crippen LogP contribution in [0.2, 0.25) is 0 Å². The minimum absolute atomic E-state index is 0.142. The number of rotatable bonds is 7. The summed E-state index contributed by atoms with van der Waals surface area (Å²) in [4.78, 5) is 51.1. The summed E-state index contributed by atoms with van der Waals surface area (Å²) in [6.45, 7) is 5.81. The van der Waals surface area contributed by atoms with Gasteiger partial charge in [0.15, 0.2) is 0 Å². The molecule has 1 aliphatic heterocycles. The number of nitrogens with one attached hydrogen (secondary N) is 2. The summed E-state index contributed by atoms with van der Waals surface area (Å²) in [5.41, 5.74) is 3.66. The maximum atomic E-state index is 12.4. The molecule has 8 nitrogen and oxygen atoms in total. The molecule has 0 saturated heterocycles. The molecule has 0 spiro atoms. The third-order valence-electron chi connectivity index (χ3n) is 4.70. The lowest BCUT2D eigenvalue weighted by Crippen LogP contribution is -2.45. The first-order valence-corrected chi connectivity index (χ1v) is 9.35. The highest BCUT2D eigenvalue weighted by molar-refractivity contribution is 6.22. The fraction of sp³-hybridized carbons (Fsp3) is 0.238. The number of hydrogen-bond donors (Lipinski definition) is 2. The molecule has 0 unspecified atom stereocenters. The van der Waals surface area contributed by atoms with E-state index in [9.17, 15) is 19.2 Å². The first-order chi connectivity index (χ1) is 13.9. The Bertz CT molecular complexity index is 916. The van der Waals surface area contributed by atoms with Gasteiger partial charge in [0.2, 0.25) is 5.91 Å². The van der Waals surface area contributed by atoms with Crippen molar-refractivity contribution in [2.75, 3.05) is 25.0 Å². The largest absolute Gasteiger partial charge is 0.325 e. The monoisotopic (exact) mass is 394 g/mol. The molecule has 29 heavy (non-hydrogen) atoms. The quantitative estimate of drug-likeness (QED) is 0.699. The van der Waals surface area contributed by atoms with Crippen LogP contribution in [0.4, 0.5) is 5.69 Å². The Balaban J connectivity index is 1.62. The molecular formula is C21H22N4O4. The summed E-state index contributed by atoms with van der Waals surface area (Å²) in [5.74, 6) is -1.88. The normalized spacial score (nSPS) is 12.9. The van der Waals surface area contributed by atoms with E-state index >= 15 is 0 Å². The molecule has 3 rings (SSSR count). The van der Waals surface area contributed by atoms with Gasteiger partial charge in [-0.25, -0.2) is 0 Å². The van der Waals surface area contributed by atoms with Crippen LogP contribution in [0.3, 0.4) is 0 Å². The van der Waals surface area contributed by atoms with Gasteiger partial charge < -0.3 is 5.32 Å². The van der Waals surface area contributed by atoms with Crippen LogP contribution in [-0.4, -0.2) is 53.2 Å². The SMILES string of the molecule is CCN(CC)CC(=O)Nc1ccc(C(=O)NN2C(=O)c3ccccc3C2=O)cc1. The van der Waals surface area contributed by atoms with Crippen LogP contribution in [-0.2, 0) is 4.79 Å². The van der Waals surface area contributed by atoms with Crippen molar-refractivity contribution in [3.05, 3.63) is 65.2 Å². The number of amides is 4. The summed E-state index contributed by atoms with van der Waals surface area (Å²) in [6, 6.07) is 12.6. The zero-order chi connectivity index (χ0) is 21.0. The lowest BCUT2D eigenvalue weighted by molar-refractivity contribution is -0.117. The molecule has 2 aromatic carbocycles. The Morgan fingerprint density at radius 3 is 1.97 bits per heavy atom. The third kappa shape index (κ3) is 4.33. The second-order valence-electron chi connectivity index (χ2n) is 6.52. The average molecular weight is 394 g/mol. The first-order valence-electron chi connectivity index (χ1n) is 9.35. The zero-order valence-electron chi connectivity index (χ0n) is 16.3. The van der Waals surface area contributed by atoms with E-state index in [1.165, 1.54) is 24.3 Å². The van der Waals surface area contributed by atoms with Crippen molar-refractivity contribution < 1.29 is 19.2 Å². The van der Waals surface area contributed by atoms with E-state index in [1.807, 2.05) is 18.7 Å². The average Bonchev–Trinajstić information content (AvgIpc) is 2.97. The molecule has 2 aromatic rings. The maximum Gasteiger partial charge on any atom is 0.280 e. The van der Waals surface area contributed by atoms with Gasteiger partial charge in [0.25, 0.3) is 17.7 Å². The molecule has 0 bridgehead atoms. The van der Waals surface area contributed by atoms with Gasteiger partial charge in [0.1, 0.15) is 0 Å². The Hall–Kier alpha value is -3.52. The van der Waals surface area contributed by atoms with Crippen molar-refractivity contribution in [1.29, 1.82) is 0 Å². The number of likely N-dealkylation sites (N-methyl/N-ethyl adjacent to an activating group) is 1. The predicted molar refractivity (Wildman–Crippen MR) is 107 cm³/mol. The summed E-state index contributed by atoms with van der Waals surface area (Å²) in [6.07, 6.45) is 0. The van der Waals surface area contributed by atoms with Gasteiger partial charge in [-0.2, -0.15) is 5.01 Å². The van der Waals surface area contributed by atoms with Crippen molar-refractivity contribution in [1.82, 2.24) is 15.3 Å². The number of imide groups is 1. The summed E-state index contributed by atoms with van der Waals surface area (Å²) in [5, 5.41) is 3.49. The van der Waals surface area contributed by atoms with Gasteiger partial charge in [-0.15, -0.1) is 0 Å². The number of carbonyl (C=O) groups is 4. The molecule has 0 saturated carbocycles. The molecule has 1 aliphatic rings. The lowest BCUT2D eigenvalue weighted by atomic mass is 10.1. The van der Waals surface area contributed by atoms with Crippen molar-refractivity contribution in [3.63, 3.8) is 0 Å². The highest BCUT2D eigenvalue weighted by Gasteiger charge is 2.36. The van der Waals surface area contributed by atoms with Crippen LogP contribution < -0.4 is 10.7 Å². The Labute approximate surface area is 168 Å². The Morgan fingerprint density at radius 1 is 0.897 bits per heavy atom. The Kier molecular flexibility index (Phi) is 6.04. The molecule has 0 fully saturated rings. The van der Waals surface area contributed by atoms with Crippen molar-refractivity contribution in [2.45, 2.75) is 13.8 Å². The number of carbonyl (C=O) groups excluding carboxylic acids is 4. The molecular weight excluding hydrogens is 372 g/mol. The van der Waals surface area contributed by atoms with Crippen molar-refractivity contribution in [3.8, 4) is 0 Å². The molecule has 0 aromatic heterocycles. The van der Waals surface area contributed by atoms with Crippen LogP contribution in [0.15, 0.2) is 48.5 Å². The summed E-state index contributed by atoms with van der Waals surface area (Å²) in [7, 11) is 0. The van der Waals surface area contributed by atoms with Crippen LogP contribution in [0.5, 0.6) is 0 Å². The number of benzene rings is 2. The van der Waals surface area contributed by atoms with Crippen LogP contribution in [0.25, 0.3) is 0 Å². The smallest absolute Gasteiger partial charge is 0.280 e. The van der Waals surface area contributed by atoms with E-state index in [0.717, 1.165) is 13.1 Å². The van der Waals surface area contributed by atoms with Crippen molar-refractivity contribution in [2.24, 2.45) is 0 Å². The van der Waals surface area contributed by atoms with E-state index in [2.05, 4.69) is 10.7 Å². The standard InChI is InChI=1S/C21H22N4O4/c1-3-24(4-2)13-18(26)22-15-11-9-14(10-12-15)19(27)23-25-20(28)16-7-5-6-8-17(16)21(25)29/h5-12H,3-4,13H2,1-2H3,(H,22,26)(H,23,27). The molecule has 1 heterocycles. The number of nitrogens with zero attached hydrogens (tertiary/aromatic N) is 2. The summed E-state index contributed by atoms with van der Waals surface area (Å²) >= 11 is 0. The molecule has 0 aliphatic carbocycles. The first kappa shape index (κ1) is 20.2. The van der Waals surface area contributed by atoms with E-state index in [-0.39, 0.29) is 29.1 Å². The number of hydrazine groups is 1. The number of fused-ring (bicyclic) bond motifs is 1. The van der Waals surface area contributed by atoms with Gasteiger partial charge in [-0.05, 0) is 49.5 Å². The molecule has 150 valence electrons. The van der Waals surface area contributed by atoms with Crippen molar-refractivity contribution >= 4 is 29.3 Å². The fourth-order valence-corrected chi connectivity index (χ4v) is 3.01. The van der Waals surface area contributed by atoms with Gasteiger partial charge >= 0.3 is 0 Å². The Morgan fingerprint density at radius 2 is 1.45 bits per heavy atom. The summed E-state index contributed by atoms with van der Waals surface area (Å²) < 4.78 is 0. The molecule has 0 radical (unpaired) electrons. The molecule has 2 N–H and O–H groups in total. The molecule has 8 heteroatoms. The second-order valence-corrected chi connectivity index (χ2v) is 6.52. The highest BCUT2D eigenvalue weighted by Crippen LogP contribution is 2.21. The fourth-order valence-electron chi connectivity index (χ4n) is 3.01. The topological polar surface area (TPSA) is 98.8 Å². The van der Waals surface area contributed by atoms with Gasteiger partial charge in [0, 0.05) is 11.3 Å². The van der Waals surface area contributed by atoms with Gasteiger partial charge in [0.05, 0.1) is 17.7 Å². The van der Waals surface area contributed by atoms with Crippen LogP contribution >= 0.6 is 0 Å². The predicted octanol–water partition coefficient (Wildman–Crippen LogP) is 1.91. The number of hydrogen-bond acceptors (Lipinski definition) is 5. The molecule has 0 atom stereocenters. The van der Waals surface area contributed by atoms with E-state index in [1.54, 1.807) is 24.3 Å². The van der Waals surface area contributed by atoms with Gasteiger partial charge in [-0.3, -0.25) is 29.5 Å². The molecule has 4 amide bonds. The van der Waals surface area contributed by atoms with E-state index in [0.29, 0.717) is 10.7 Å². The van der Waals surface area contributed by atoms with E-state index < -0.39 is 17.7 Å². The van der Waals surface area contributed by atoms with Crippen LogP contribution in [0, 0.1) is 0 Å².